The summed E-state index contributed by atoms with van der Waals surface area (Å²) < 4.78 is 45.4. The highest BCUT2D eigenvalue weighted by atomic mass is 32.2. The van der Waals surface area contributed by atoms with Crippen LogP contribution in [0.2, 0.25) is 0 Å². The average Bonchev–Trinajstić information content (AvgIpc) is 3.95. The van der Waals surface area contributed by atoms with Gasteiger partial charge in [-0.3, -0.25) is 0 Å². The fourth-order valence-electron chi connectivity index (χ4n) is 7.87. The highest BCUT2D eigenvalue weighted by molar-refractivity contribution is 7.90. The quantitative estimate of drug-likeness (QED) is 0.112. The van der Waals surface area contributed by atoms with Gasteiger partial charge in [0.25, 0.3) is 11.8 Å². The number of aromatic nitrogens is 4. The van der Waals surface area contributed by atoms with Crippen LogP contribution in [0.4, 0.5) is 11.4 Å². The summed E-state index contributed by atoms with van der Waals surface area (Å²) in [4.78, 5) is 16.3. The first-order valence-corrected chi connectivity index (χ1v) is 22.8. The molecule has 2 aliphatic carbocycles. The normalized spacial score (nSPS) is 15.8. The number of fused-ring (bicyclic) bond motifs is 2. The number of benzene rings is 4. The van der Waals surface area contributed by atoms with E-state index in [9.17, 15) is 8.42 Å². The lowest BCUT2D eigenvalue weighted by molar-refractivity contribution is 0.244. The second-order valence-corrected chi connectivity index (χ2v) is 18.3. The summed E-state index contributed by atoms with van der Waals surface area (Å²) in [5, 5.41) is 11.8. The summed E-state index contributed by atoms with van der Waals surface area (Å²) in [5.74, 6) is 2.96. The lowest BCUT2D eigenvalue weighted by Gasteiger charge is -2.27. The number of rotatable bonds is 12. The van der Waals surface area contributed by atoms with Gasteiger partial charge < -0.3 is 29.6 Å². The molecule has 0 fully saturated rings. The van der Waals surface area contributed by atoms with Gasteiger partial charge in [0.2, 0.25) is 23.0 Å². The number of nitrogens with zero attached hydrogens (tertiary/aromatic N) is 6. The summed E-state index contributed by atoms with van der Waals surface area (Å²) in [6, 6.07) is 22.9. The highest BCUT2D eigenvalue weighted by Crippen LogP contribution is 2.39. The summed E-state index contributed by atoms with van der Waals surface area (Å²) >= 11 is 0. The Balaban J connectivity index is 0.000000190. The van der Waals surface area contributed by atoms with E-state index in [1.807, 2.05) is 64.1 Å². The SMILES string of the molecule is [C-]#[N+]c1cc(-c2nc(-c3cccc4c3CCC[C@H]4N)no2)ccc1OC(C)C.[C-]#[N+]c1cc(-c2nc(-c3cccc4c3CCC[C@H]4NCCS(C)(=O)=O)no2)ccc1OC(C)C. The highest BCUT2D eigenvalue weighted by Gasteiger charge is 2.26. The lowest BCUT2D eigenvalue weighted by Crippen LogP contribution is -2.29. The van der Waals surface area contributed by atoms with Crippen molar-refractivity contribution in [3.63, 3.8) is 0 Å². The zero-order valence-electron chi connectivity index (χ0n) is 35.5. The standard InChI is InChI=1S/C25H28N4O4S.C22H22N4O2/c1-16(2)32-23-12-11-17(15-22(23)26-3)25-28-24(29-33-25)20-9-5-8-19-18(20)7-6-10-21(19)27-13-14-34(4,30)31;1-13(2)27-20-11-10-14(12-19(20)24-3)22-25-21(26-28-22)17-8-4-7-16-15(17)6-5-9-18(16)23/h5,8-9,11-12,15-16,21,27H,6-7,10,13-14H2,1-2,4H3;4,7-8,10-13,18H,5-6,9,23H2,1-2H3/t21-;18-/m11/s1. The van der Waals surface area contributed by atoms with Gasteiger partial charge in [-0.25, -0.2) is 18.1 Å². The smallest absolute Gasteiger partial charge is 0.256 e. The fourth-order valence-corrected chi connectivity index (χ4v) is 8.36. The Morgan fingerprint density at radius 3 is 1.76 bits per heavy atom. The molecule has 2 aromatic heterocycles. The zero-order valence-corrected chi connectivity index (χ0v) is 36.3. The molecule has 4 aromatic carbocycles. The molecular weight excluding hydrogens is 805 g/mol. The molecule has 62 heavy (non-hydrogen) atoms. The summed E-state index contributed by atoms with van der Waals surface area (Å²) in [5.41, 5.74) is 15.0. The van der Waals surface area contributed by atoms with Crippen molar-refractivity contribution in [3.05, 3.63) is 118 Å². The predicted octanol–water partition coefficient (Wildman–Crippen LogP) is 9.83. The number of hydrogen-bond donors (Lipinski definition) is 2. The number of nitrogens with two attached hydrogens (primary N) is 1. The van der Waals surface area contributed by atoms with Crippen molar-refractivity contribution in [1.82, 2.24) is 25.6 Å². The topological polar surface area (TPSA) is 177 Å². The monoisotopic (exact) mass is 854 g/mol. The molecule has 0 spiro atoms. The van der Waals surface area contributed by atoms with E-state index in [0.717, 1.165) is 60.8 Å². The average molecular weight is 855 g/mol. The van der Waals surface area contributed by atoms with Crippen LogP contribution in [0.3, 0.4) is 0 Å². The Hall–Kier alpha value is -6.39. The minimum atomic E-state index is -3.01. The van der Waals surface area contributed by atoms with Crippen LogP contribution in [0.25, 0.3) is 55.4 Å². The van der Waals surface area contributed by atoms with Crippen LogP contribution in [0.1, 0.15) is 87.7 Å². The van der Waals surface area contributed by atoms with Gasteiger partial charge in [0.1, 0.15) is 21.3 Å². The van der Waals surface area contributed by atoms with Crippen molar-refractivity contribution in [2.75, 3.05) is 18.6 Å². The van der Waals surface area contributed by atoms with Crippen molar-refractivity contribution < 1.29 is 26.9 Å². The Morgan fingerprint density at radius 2 is 1.26 bits per heavy atom. The van der Waals surface area contributed by atoms with Crippen molar-refractivity contribution in [2.45, 2.75) is 90.5 Å². The molecule has 14 nitrogen and oxygen atoms in total. The Bertz CT molecular complexity index is 2750. The van der Waals surface area contributed by atoms with E-state index in [2.05, 4.69) is 47.4 Å². The third-order valence-corrected chi connectivity index (χ3v) is 11.6. The lowest BCUT2D eigenvalue weighted by atomic mass is 9.84. The minimum absolute atomic E-state index is 0.00279. The third-order valence-electron chi connectivity index (χ3n) is 10.6. The van der Waals surface area contributed by atoms with Gasteiger partial charge in [-0.2, -0.15) is 9.97 Å². The van der Waals surface area contributed by atoms with Gasteiger partial charge in [0.05, 0.1) is 31.1 Å². The van der Waals surface area contributed by atoms with Crippen LogP contribution in [-0.2, 0) is 22.7 Å². The molecular formula is C47H50N8O6S. The molecule has 15 heteroatoms. The maximum atomic E-state index is 11.5. The summed E-state index contributed by atoms with van der Waals surface area (Å²) in [6.45, 7) is 23.0. The molecule has 8 rings (SSSR count). The Morgan fingerprint density at radius 1 is 0.758 bits per heavy atom. The minimum Gasteiger partial charge on any atom is -0.502 e. The number of sulfone groups is 1. The molecule has 2 heterocycles. The zero-order chi connectivity index (χ0) is 44.0. The molecule has 0 bridgehead atoms. The maximum Gasteiger partial charge on any atom is 0.256 e. The van der Waals surface area contributed by atoms with E-state index in [0.29, 0.717) is 64.0 Å². The largest absolute Gasteiger partial charge is 0.502 e. The van der Waals surface area contributed by atoms with Gasteiger partial charge in [0.15, 0.2) is 0 Å². The first-order valence-electron chi connectivity index (χ1n) is 20.8. The second kappa shape index (κ2) is 19.1. The van der Waals surface area contributed by atoms with Gasteiger partial charge in [-0.05, 0) is 125 Å². The first kappa shape index (κ1) is 43.7. The molecule has 3 N–H and O–H groups in total. The van der Waals surface area contributed by atoms with E-state index in [4.69, 9.17) is 37.4 Å². The molecule has 0 radical (unpaired) electrons. The van der Waals surface area contributed by atoms with E-state index in [-0.39, 0.29) is 30.0 Å². The van der Waals surface area contributed by atoms with E-state index >= 15 is 0 Å². The summed E-state index contributed by atoms with van der Waals surface area (Å²) in [7, 11) is -3.01. The van der Waals surface area contributed by atoms with Crippen LogP contribution < -0.4 is 20.5 Å². The molecule has 0 unspecified atom stereocenters. The number of ether oxygens (including phenoxy) is 2. The third kappa shape index (κ3) is 10.2. The molecule has 0 aliphatic heterocycles. The van der Waals surface area contributed by atoms with Gasteiger partial charge >= 0.3 is 0 Å². The first-order chi connectivity index (χ1) is 29.8. The van der Waals surface area contributed by atoms with Crippen LogP contribution in [0.15, 0.2) is 81.8 Å². The molecule has 0 amide bonds. The molecule has 6 aromatic rings. The molecule has 0 saturated heterocycles. The van der Waals surface area contributed by atoms with Crippen LogP contribution >= 0.6 is 0 Å². The van der Waals surface area contributed by atoms with Crippen molar-refractivity contribution >= 4 is 21.2 Å². The fraction of sp³-hybridized carbons (Fsp3) is 0.362. The molecule has 2 aliphatic rings. The van der Waals surface area contributed by atoms with E-state index in [1.54, 1.807) is 24.3 Å². The van der Waals surface area contributed by atoms with Crippen molar-refractivity contribution in [3.8, 4) is 57.2 Å². The molecule has 320 valence electrons. The Labute approximate surface area is 362 Å². The van der Waals surface area contributed by atoms with Gasteiger partial charge in [-0.15, -0.1) is 0 Å². The van der Waals surface area contributed by atoms with Crippen molar-refractivity contribution in [1.29, 1.82) is 0 Å². The summed E-state index contributed by atoms with van der Waals surface area (Å²) in [6.07, 6.45) is 7.06. The van der Waals surface area contributed by atoms with E-state index < -0.39 is 9.84 Å². The van der Waals surface area contributed by atoms with E-state index in [1.165, 1.54) is 17.4 Å². The maximum absolute atomic E-state index is 11.5. The van der Waals surface area contributed by atoms with Crippen LogP contribution in [0.5, 0.6) is 11.5 Å². The Kier molecular flexibility index (Phi) is 13.5. The van der Waals surface area contributed by atoms with Gasteiger partial charge in [0, 0.05) is 47.1 Å². The molecule has 2 atom stereocenters. The molecule has 0 saturated carbocycles. The van der Waals surface area contributed by atoms with Gasteiger partial charge in [-0.1, -0.05) is 46.7 Å². The van der Waals surface area contributed by atoms with Crippen LogP contribution in [0, 0.1) is 13.1 Å². The number of hydrogen-bond acceptors (Lipinski definition) is 12. The second-order valence-electron chi connectivity index (χ2n) is 16.0. The predicted molar refractivity (Wildman–Crippen MR) is 238 cm³/mol. The number of nitrogens with one attached hydrogen (secondary N) is 1. The van der Waals surface area contributed by atoms with Crippen LogP contribution in [-0.4, -0.2) is 59.5 Å². The van der Waals surface area contributed by atoms with Crippen molar-refractivity contribution in [2.24, 2.45) is 5.73 Å².